The number of aliphatic carboxylic acids is 1. The molecule has 0 atom stereocenters. The Morgan fingerprint density at radius 3 is 2.38 bits per heavy atom. The molecule has 0 aromatic heterocycles. The number of likely N-dealkylation sites (N-methyl/N-ethyl adjacent to an activating group) is 1. The fourth-order valence-corrected chi connectivity index (χ4v) is 2.93. The van der Waals surface area contributed by atoms with Crippen LogP contribution >= 0.6 is 0 Å². The Bertz CT molecular complexity index is 641. The van der Waals surface area contributed by atoms with Gasteiger partial charge in [0.05, 0.1) is 18.7 Å². The van der Waals surface area contributed by atoms with Crippen molar-refractivity contribution in [2.45, 2.75) is 38.8 Å². The second kappa shape index (κ2) is 9.19. The van der Waals surface area contributed by atoms with Gasteiger partial charge in [-0.25, -0.2) is 9.59 Å². The lowest BCUT2D eigenvalue weighted by Crippen LogP contribution is -2.55. The molecule has 1 saturated carbocycles. The number of carboxylic acids is 1. The molecule has 1 fully saturated rings. The van der Waals surface area contributed by atoms with Crippen molar-refractivity contribution in [1.29, 1.82) is 0 Å². The van der Waals surface area contributed by atoms with Gasteiger partial charge < -0.3 is 20.5 Å². The van der Waals surface area contributed by atoms with E-state index in [1.807, 2.05) is 11.8 Å². The summed E-state index contributed by atoms with van der Waals surface area (Å²) in [6.45, 7) is 4.67. The summed E-state index contributed by atoms with van der Waals surface area (Å²) in [4.78, 5) is 36.3. The van der Waals surface area contributed by atoms with Gasteiger partial charge in [-0.1, -0.05) is 6.92 Å². The van der Waals surface area contributed by atoms with Crippen molar-refractivity contribution in [3.8, 4) is 0 Å². The lowest BCUT2D eigenvalue weighted by molar-refractivity contribution is -0.139. The van der Waals surface area contributed by atoms with Crippen LogP contribution in [0.5, 0.6) is 0 Å². The number of urea groups is 1. The Morgan fingerprint density at radius 1 is 1.19 bits per heavy atom. The highest BCUT2D eigenvalue weighted by molar-refractivity contribution is 5.92. The number of esters is 1. The molecule has 1 aliphatic carbocycles. The van der Waals surface area contributed by atoms with Crippen LogP contribution in [0.25, 0.3) is 0 Å². The first-order valence-corrected chi connectivity index (χ1v) is 8.73. The number of rotatable bonds is 8. The molecule has 2 amide bonds. The summed E-state index contributed by atoms with van der Waals surface area (Å²) in [5.74, 6) is -1.24. The van der Waals surface area contributed by atoms with Gasteiger partial charge in [0, 0.05) is 17.8 Å². The molecule has 1 aromatic carbocycles. The topological polar surface area (TPSA) is 108 Å². The van der Waals surface area contributed by atoms with Crippen LogP contribution in [0.15, 0.2) is 24.3 Å². The molecular formula is C18H25N3O5. The first-order chi connectivity index (χ1) is 12.4. The maximum absolute atomic E-state index is 12.0. The minimum Gasteiger partial charge on any atom is -0.480 e. The number of carbonyl (C=O) groups excluding carboxylic acids is 2. The largest absolute Gasteiger partial charge is 0.480 e. The summed E-state index contributed by atoms with van der Waals surface area (Å²) in [5.41, 5.74) is 1.00. The van der Waals surface area contributed by atoms with Crippen molar-refractivity contribution in [1.82, 2.24) is 10.2 Å². The minimum atomic E-state index is -0.840. The normalized spacial score (nSPS) is 18.7. The van der Waals surface area contributed by atoms with Crippen LogP contribution in [0.1, 0.15) is 37.0 Å². The van der Waals surface area contributed by atoms with Gasteiger partial charge in [0.25, 0.3) is 0 Å². The average molecular weight is 363 g/mol. The summed E-state index contributed by atoms with van der Waals surface area (Å²) in [6.07, 6.45) is 1.46. The molecule has 2 rings (SSSR count). The van der Waals surface area contributed by atoms with Gasteiger partial charge in [0.15, 0.2) is 0 Å². The van der Waals surface area contributed by atoms with Gasteiger partial charge in [0.1, 0.15) is 0 Å². The number of hydrogen-bond acceptors (Lipinski definition) is 5. The molecule has 26 heavy (non-hydrogen) atoms. The van der Waals surface area contributed by atoms with Crippen molar-refractivity contribution in [3.63, 3.8) is 0 Å². The zero-order chi connectivity index (χ0) is 19.1. The zero-order valence-corrected chi connectivity index (χ0v) is 15.0. The maximum Gasteiger partial charge on any atom is 0.338 e. The highest BCUT2D eigenvalue weighted by atomic mass is 16.5. The monoisotopic (exact) mass is 363 g/mol. The molecule has 0 bridgehead atoms. The SMILES string of the molecule is CCOC(=O)c1ccc(NC(=O)NC2CC(N(CC)CC(=O)O)C2)cc1. The Labute approximate surface area is 152 Å². The molecule has 8 heteroatoms. The van der Waals surface area contributed by atoms with Gasteiger partial charge in [-0.15, -0.1) is 0 Å². The molecular weight excluding hydrogens is 338 g/mol. The third kappa shape index (κ3) is 5.45. The van der Waals surface area contributed by atoms with E-state index in [0.29, 0.717) is 24.4 Å². The van der Waals surface area contributed by atoms with Gasteiger partial charge in [-0.2, -0.15) is 0 Å². The number of carboxylic acid groups (broad SMARTS) is 1. The Kier molecular flexibility index (Phi) is 6.97. The number of ether oxygens (including phenoxy) is 1. The van der Waals surface area contributed by atoms with Crippen molar-refractivity contribution in [2.75, 3.05) is 25.0 Å². The van der Waals surface area contributed by atoms with Gasteiger partial charge >= 0.3 is 18.0 Å². The molecule has 8 nitrogen and oxygen atoms in total. The zero-order valence-electron chi connectivity index (χ0n) is 15.0. The van der Waals surface area contributed by atoms with Crippen molar-refractivity contribution >= 4 is 23.7 Å². The maximum atomic E-state index is 12.0. The average Bonchev–Trinajstić information content (AvgIpc) is 2.56. The van der Waals surface area contributed by atoms with E-state index in [1.165, 1.54) is 0 Å². The fraction of sp³-hybridized carbons (Fsp3) is 0.500. The highest BCUT2D eigenvalue weighted by Gasteiger charge is 2.34. The van der Waals surface area contributed by atoms with E-state index >= 15 is 0 Å². The lowest BCUT2D eigenvalue weighted by Gasteiger charge is -2.42. The van der Waals surface area contributed by atoms with Gasteiger partial charge in [0.2, 0.25) is 0 Å². The number of nitrogens with zero attached hydrogens (tertiary/aromatic N) is 1. The first-order valence-electron chi connectivity index (χ1n) is 8.73. The third-order valence-corrected chi connectivity index (χ3v) is 4.36. The molecule has 0 unspecified atom stereocenters. The predicted octanol–water partition coefficient (Wildman–Crippen LogP) is 1.92. The van der Waals surface area contributed by atoms with Crippen LogP contribution in [0.3, 0.4) is 0 Å². The summed E-state index contributed by atoms with van der Waals surface area (Å²) >= 11 is 0. The van der Waals surface area contributed by atoms with Crippen molar-refractivity contribution in [2.24, 2.45) is 0 Å². The van der Waals surface area contributed by atoms with Crippen LogP contribution in [-0.2, 0) is 9.53 Å². The lowest BCUT2D eigenvalue weighted by atomic mass is 9.85. The molecule has 1 aromatic rings. The molecule has 1 aliphatic rings. The Morgan fingerprint density at radius 2 is 1.85 bits per heavy atom. The standard InChI is InChI=1S/C18H25N3O5/c1-3-21(11-16(22)23)15-9-14(10-15)20-18(25)19-13-7-5-12(6-8-13)17(24)26-4-2/h5-8,14-15H,3-4,9-11H2,1-2H3,(H,22,23)(H2,19,20,25). The number of nitrogens with one attached hydrogen (secondary N) is 2. The second-order valence-corrected chi connectivity index (χ2v) is 6.18. The quantitative estimate of drug-likeness (QED) is 0.609. The molecule has 142 valence electrons. The summed E-state index contributed by atoms with van der Waals surface area (Å²) in [5, 5.41) is 14.5. The molecule has 3 N–H and O–H groups in total. The summed E-state index contributed by atoms with van der Waals surface area (Å²) in [7, 11) is 0. The first kappa shape index (κ1) is 19.7. The van der Waals surface area contributed by atoms with E-state index in [9.17, 15) is 14.4 Å². The molecule has 0 radical (unpaired) electrons. The van der Waals surface area contributed by atoms with Crippen LogP contribution in [-0.4, -0.2) is 59.8 Å². The van der Waals surface area contributed by atoms with E-state index < -0.39 is 11.9 Å². The van der Waals surface area contributed by atoms with Crippen molar-refractivity contribution < 1.29 is 24.2 Å². The second-order valence-electron chi connectivity index (χ2n) is 6.18. The van der Waals surface area contributed by atoms with Gasteiger partial charge in [-0.3, -0.25) is 9.69 Å². The predicted molar refractivity (Wildman–Crippen MR) is 96.2 cm³/mol. The Balaban J connectivity index is 1.76. The molecule has 0 spiro atoms. The van der Waals surface area contributed by atoms with Crippen LogP contribution in [0, 0.1) is 0 Å². The number of amides is 2. The Hall–Kier alpha value is -2.61. The molecule has 0 aliphatic heterocycles. The summed E-state index contributed by atoms with van der Waals surface area (Å²) in [6, 6.07) is 6.36. The highest BCUT2D eigenvalue weighted by Crippen LogP contribution is 2.25. The number of anilines is 1. The van der Waals surface area contributed by atoms with Crippen molar-refractivity contribution in [3.05, 3.63) is 29.8 Å². The van der Waals surface area contributed by atoms with Crippen LogP contribution in [0.4, 0.5) is 10.5 Å². The van der Waals surface area contributed by atoms with E-state index in [-0.39, 0.29) is 24.7 Å². The van der Waals surface area contributed by atoms with E-state index in [1.54, 1.807) is 31.2 Å². The number of carbonyl (C=O) groups is 3. The van der Waals surface area contributed by atoms with E-state index in [0.717, 1.165) is 12.8 Å². The number of hydrogen-bond donors (Lipinski definition) is 3. The van der Waals surface area contributed by atoms with E-state index in [4.69, 9.17) is 9.84 Å². The van der Waals surface area contributed by atoms with Gasteiger partial charge in [-0.05, 0) is 50.6 Å². The molecule has 0 saturated heterocycles. The third-order valence-electron chi connectivity index (χ3n) is 4.36. The number of benzene rings is 1. The van der Waals surface area contributed by atoms with E-state index in [2.05, 4.69) is 10.6 Å². The summed E-state index contributed by atoms with van der Waals surface area (Å²) < 4.78 is 4.91. The smallest absolute Gasteiger partial charge is 0.338 e. The van der Waals surface area contributed by atoms with Crippen LogP contribution < -0.4 is 10.6 Å². The minimum absolute atomic E-state index is 0.0207. The fourth-order valence-electron chi connectivity index (χ4n) is 2.93. The molecule has 0 heterocycles. The van der Waals surface area contributed by atoms with Crippen LogP contribution in [0.2, 0.25) is 0 Å².